The van der Waals surface area contributed by atoms with Gasteiger partial charge in [0.2, 0.25) is 0 Å². The second kappa shape index (κ2) is 7.25. The smallest absolute Gasteiger partial charge is 0.251 e. The summed E-state index contributed by atoms with van der Waals surface area (Å²) < 4.78 is 16.4. The predicted molar refractivity (Wildman–Crippen MR) is 90.9 cm³/mol. The lowest BCUT2D eigenvalue weighted by atomic mass is 10.00. The summed E-state index contributed by atoms with van der Waals surface area (Å²) >= 11 is 0. The highest BCUT2D eigenvalue weighted by Gasteiger charge is 2.23. The van der Waals surface area contributed by atoms with E-state index >= 15 is 0 Å². The molecule has 0 radical (unpaired) electrons. The Balaban J connectivity index is 1.80. The van der Waals surface area contributed by atoms with Crippen LogP contribution in [0.1, 0.15) is 35.3 Å². The third kappa shape index (κ3) is 3.30. The maximum atomic E-state index is 12.6. The van der Waals surface area contributed by atoms with Crippen molar-refractivity contribution in [3.8, 4) is 17.2 Å². The van der Waals surface area contributed by atoms with Gasteiger partial charge in [-0.2, -0.15) is 0 Å². The molecule has 1 atom stereocenters. The summed E-state index contributed by atoms with van der Waals surface area (Å²) in [6, 6.07) is 12.9. The zero-order chi connectivity index (χ0) is 16.9. The topological polar surface area (TPSA) is 56.8 Å². The fourth-order valence-electron chi connectivity index (χ4n) is 2.82. The van der Waals surface area contributed by atoms with E-state index in [9.17, 15) is 4.79 Å². The van der Waals surface area contributed by atoms with Crippen LogP contribution in [0.2, 0.25) is 0 Å². The van der Waals surface area contributed by atoms with Crippen molar-refractivity contribution in [2.75, 3.05) is 20.3 Å². The van der Waals surface area contributed by atoms with Crippen molar-refractivity contribution in [3.63, 3.8) is 0 Å². The van der Waals surface area contributed by atoms with Crippen LogP contribution in [-0.4, -0.2) is 26.2 Å². The average Bonchev–Trinajstić information content (AvgIpc) is 2.62. The van der Waals surface area contributed by atoms with Crippen LogP contribution < -0.4 is 19.5 Å². The summed E-state index contributed by atoms with van der Waals surface area (Å²) in [5.41, 5.74) is 1.55. The van der Waals surface area contributed by atoms with Crippen LogP contribution in [0, 0.1) is 0 Å². The standard InChI is InChI=1S/C19H21NO4/c1-3-23-18-12-13(8-9-17(18)22-2)19(21)20-15-10-11-24-16-7-5-4-6-14(15)16/h4-9,12,15H,3,10-11H2,1-2H3,(H,20,21). The molecule has 126 valence electrons. The van der Waals surface area contributed by atoms with Crippen LogP contribution in [0.25, 0.3) is 0 Å². The van der Waals surface area contributed by atoms with Gasteiger partial charge in [-0.1, -0.05) is 18.2 Å². The van der Waals surface area contributed by atoms with Gasteiger partial charge in [0.05, 0.1) is 26.4 Å². The van der Waals surface area contributed by atoms with E-state index in [1.165, 1.54) is 0 Å². The van der Waals surface area contributed by atoms with E-state index in [1.807, 2.05) is 31.2 Å². The zero-order valence-corrected chi connectivity index (χ0v) is 13.9. The monoisotopic (exact) mass is 327 g/mol. The average molecular weight is 327 g/mol. The van der Waals surface area contributed by atoms with Crippen LogP contribution in [0.5, 0.6) is 17.2 Å². The van der Waals surface area contributed by atoms with Crippen molar-refractivity contribution in [3.05, 3.63) is 53.6 Å². The molecule has 1 N–H and O–H groups in total. The summed E-state index contributed by atoms with van der Waals surface area (Å²) in [6.07, 6.45) is 0.747. The first-order chi connectivity index (χ1) is 11.7. The molecule has 5 nitrogen and oxygen atoms in total. The Morgan fingerprint density at radius 1 is 1.25 bits per heavy atom. The molecule has 0 spiro atoms. The Bertz CT molecular complexity index is 729. The van der Waals surface area contributed by atoms with E-state index in [4.69, 9.17) is 14.2 Å². The summed E-state index contributed by atoms with van der Waals surface area (Å²) in [7, 11) is 1.58. The Morgan fingerprint density at radius 2 is 2.08 bits per heavy atom. The minimum Gasteiger partial charge on any atom is -0.493 e. The lowest BCUT2D eigenvalue weighted by Gasteiger charge is -2.26. The number of hydrogen-bond acceptors (Lipinski definition) is 4. The van der Waals surface area contributed by atoms with Gasteiger partial charge >= 0.3 is 0 Å². The maximum Gasteiger partial charge on any atom is 0.251 e. The van der Waals surface area contributed by atoms with E-state index in [0.29, 0.717) is 30.3 Å². The molecular formula is C19H21NO4. The van der Waals surface area contributed by atoms with Gasteiger partial charge in [-0.05, 0) is 31.2 Å². The van der Waals surface area contributed by atoms with Crippen molar-refractivity contribution < 1.29 is 19.0 Å². The van der Waals surface area contributed by atoms with Crippen LogP contribution in [0.4, 0.5) is 0 Å². The van der Waals surface area contributed by atoms with Crippen molar-refractivity contribution in [1.29, 1.82) is 0 Å². The minimum atomic E-state index is -0.139. The molecule has 1 aliphatic rings. The summed E-state index contributed by atoms with van der Waals surface area (Å²) in [5.74, 6) is 1.88. The highest BCUT2D eigenvalue weighted by Crippen LogP contribution is 2.32. The molecule has 0 saturated carbocycles. The third-order valence-corrected chi connectivity index (χ3v) is 3.99. The van der Waals surface area contributed by atoms with Gasteiger partial charge < -0.3 is 19.5 Å². The Kier molecular flexibility index (Phi) is 4.89. The first-order valence-electron chi connectivity index (χ1n) is 8.06. The second-order valence-electron chi connectivity index (χ2n) is 5.50. The van der Waals surface area contributed by atoms with E-state index in [1.54, 1.807) is 25.3 Å². The van der Waals surface area contributed by atoms with Gasteiger partial charge in [0.25, 0.3) is 5.91 Å². The molecule has 5 heteroatoms. The lowest BCUT2D eigenvalue weighted by molar-refractivity contribution is 0.0924. The molecule has 1 unspecified atom stereocenters. The number of ether oxygens (including phenoxy) is 3. The molecule has 0 bridgehead atoms. The van der Waals surface area contributed by atoms with Gasteiger partial charge in [-0.25, -0.2) is 0 Å². The normalized spacial score (nSPS) is 15.8. The summed E-state index contributed by atoms with van der Waals surface area (Å²) in [5, 5.41) is 3.08. The number of carbonyl (C=O) groups is 1. The number of para-hydroxylation sites is 1. The molecule has 1 amide bonds. The van der Waals surface area contributed by atoms with Gasteiger partial charge in [-0.3, -0.25) is 4.79 Å². The van der Waals surface area contributed by atoms with Gasteiger partial charge in [-0.15, -0.1) is 0 Å². The third-order valence-electron chi connectivity index (χ3n) is 3.99. The molecule has 0 saturated heterocycles. The van der Waals surface area contributed by atoms with Crippen molar-refractivity contribution in [2.45, 2.75) is 19.4 Å². The highest BCUT2D eigenvalue weighted by molar-refractivity contribution is 5.95. The number of fused-ring (bicyclic) bond motifs is 1. The van der Waals surface area contributed by atoms with Crippen molar-refractivity contribution >= 4 is 5.91 Å². The fraction of sp³-hybridized carbons (Fsp3) is 0.316. The molecule has 0 aliphatic carbocycles. The van der Waals surface area contributed by atoms with Crippen LogP contribution in [0.3, 0.4) is 0 Å². The minimum absolute atomic E-state index is 0.0555. The van der Waals surface area contributed by atoms with Crippen molar-refractivity contribution in [1.82, 2.24) is 5.32 Å². The number of amides is 1. The van der Waals surface area contributed by atoms with E-state index in [0.717, 1.165) is 17.7 Å². The Hall–Kier alpha value is -2.69. The van der Waals surface area contributed by atoms with E-state index in [-0.39, 0.29) is 11.9 Å². The molecule has 3 rings (SSSR count). The molecule has 1 aliphatic heterocycles. The van der Waals surface area contributed by atoms with Gasteiger partial charge in [0.15, 0.2) is 11.5 Å². The lowest BCUT2D eigenvalue weighted by Crippen LogP contribution is -2.32. The van der Waals surface area contributed by atoms with Gasteiger partial charge in [0.1, 0.15) is 5.75 Å². The Morgan fingerprint density at radius 3 is 2.88 bits per heavy atom. The Labute approximate surface area is 141 Å². The number of nitrogens with one attached hydrogen (secondary N) is 1. The molecule has 2 aromatic rings. The largest absolute Gasteiger partial charge is 0.493 e. The first kappa shape index (κ1) is 16.2. The summed E-state index contributed by atoms with van der Waals surface area (Å²) in [6.45, 7) is 2.99. The van der Waals surface area contributed by atoms with Crippen LogP contribution in [0.15, 0.2) is 42.5 Å². The van der Waals surface area contributed by atoms with Crippen LogP contribution >= 0.6 is 0 Å². The summed E-state index contributed by atoms with van der Waals surface area (Å²) in [4.78, 5) is 12.6. The van der Waals surface area contributed by atoms with Crippen LogP contribution in [-0.2, 0) is 0 Å². The maximum absolute atomic E-state index is 12.6. The second-order valence-corrected chi connectivity index (χ2v) is 5.50. The van der Waals surface area contributed by atoms with Gasteiger partial charge in [0, 0.05) is 17.5 Å². The predicted octanol–water partition coefficient (Wildman–Crippen LogP) is 3.35. The number of hydrogen-bond donors (Lipinski definition) is 1. The molecular weight excluding hydrogens is 306 g/mol. The molecule has 2 aromatic carbocycles. The van der Waals surface area contributed by atoms with E-state index in [2.05, 4.69) is 5.32 Å². The first-order valence-corrected chi connectivity index (χ1v) is 8.06. The molecule has 1 heterocycles. The number of benzene rings is 2. The van der Waals surface area contributed by atoms with Crippen molar-refractivity contribution in [2.24, 2.45) is 0 Å². The van der Waals surface area contributed by atoms with E-state index < -0.39 is 0 Å². The highest BCUT2D eigenvalue weighted by atomic mass is 16.5. The number of carbonyl (C=O) groups excluding carboxylic acids is 1. The fourth-order valence-corrected chi connectivity index (χ4v) is 2.82. The SMILES string of the molecule is CCOc1cc(C(=O)NC2CCOc3ccccc32)ccc1OC. The molecule has 24 heavy (non-hydrogen) atoms. The zero-order valence-electron chi connectivity index (χ0n) is 13.9. The number of rotatable bonds is 5. The molecule has 0 aromatic heterocycles. The quantitative estimate of drug-likeness (QED) is 0.915. The number of methoxy groups -OCH3 is 1. The molecule has 0 fully saturated rings.